The summed E-state index contributed by atoms with van der Waals surface area (Å²) in [6.45, 7) is 4.19. The van der Waals surface area contributed by atoms with Crippen LogP contribution in [0.25, 0.3) is 0 Å². The van der Waals surface area contributed by atoms with Gasteiger partial charge in [-0.15, -0.1) is 12.4 Å². The topological polar surface area (TPSA) is 41.6 Å². The van der Waals surface area contributed by atoms with Gasteiger partial charge in [0.15, 0.2) is 0 Å². The van der Waals surface area contributed by atoms with E-state index in [0.717, 1.165) is 30.0 Å². The number of nitrogens with one attached hydrogen (secondary N) is 1. The third kappa shape index (κ3) is 4.50. The second kappa shape index (κ2) is 9.26. The average Bonchev–Trinajstić information content (AvgIpc) is 2.67. The van der Waals surface area contributed by atoms with Gasteiger partial charge in [0.05, 0.1) is 19.1 Å². The van der Waals surface area contributed by atoms with Gasteiger partial charge in [0, 0.05) is 24.7 Å². The third-order valence-electron chi connectivity index (χ3n) is 4.75. The van der Waals surface area contributed by atoms with Crippen LogP contribution < -0.4 is 10.1 Å². The maximum absolute atomic E-state index is 13.2. The number of rotatable bonds is 4. The molecular weight excluding hydrogens is 371 g/mol. The van der Waals surface area contributed by atoms with Gasteiger partial charge in [-0.3, -0.25) is 4.79 Å². The number of hydrogen-bond donors (Lipinski definition) is 1. The first-order chi connectivity index (χ1) is 12.1. The van der Waals surface area contributed by atoms with Gasteiger partial charge in [-0.2, -0.15) is 0 Å². The molecule has 3 rings (SSSR count). The van der Waals surface area contributed by atoms with E-state index in [-0.39, 0.29) is 30.3 Å². The molecule has 1 N–H and O–H groups in total. The SMILES string of the molecule is COc1ccc(C(C)C(=O)N2CCNCC2c2cccc(Cl)c2)cc1.Cl. The normalized spacial score (nSPS) is 18.0. The minimum atomic E-state index is -0.203. The number of nitrogens with zero attached hydrogens (tertiary/aromatic N) is 1. The first-order valence-electron chi connectivity index (χ1n) is 8.50. The monoisotopic (exact) mass is 394 g/mol. The van der Waals surface area contributed by atoms with Crippen molar-refractivity contribution in [2.45, 2.75) is 18.9 Å². The van der Waals surface area contributed by atoms with Gasteiger partial charge in [0.1, 0.15) is 5.75 Å². The molecule has 1 fully saturated rings. The fourth-order valence-electron chi connectivity index (χ4n) is 3.26. The predicted molar refractivity (Wildman–Crippen MR) is 107 cm³/mol. The van der Waals surface area contributed by atoms with Gasteiger partial charge in [-0.05, 0) is 42.3 Å². The molecule has 0 spiro atoms. The molecule has 0 saturated carbocycles. The van der Waals surface area contributed by atoms with Gasteiger partial charge < -0.3 is 15.0 Å². The van der Waals surface area contributed by atoms with E-state index in [1.807, 2.05) is 60.4 Å². The van der Waals surface area contributed by atoms with Crippen molar-refractivity contribution in [3.8, 4) is 5.75 Å². The van der Waals surface area contributed by atoms with Crippen LogP contribution in [-0.2, 0) is 4.79 Å². The highest BCUT2D eigenvalue weighted by atomic mass is 35.5. The second-order valence-electron chi connectivity index (χ2n) is 6.30. The molecule has 26 heavy (non-hydrogen) atoms. The Kier molecular flexibility index (Phi) is 7.33. The zero-order chi connectivity index (χ0) is 17.8. The Morgan fingerprint density at radius 2 is 2.00 bits per heavy atom. The van der Waals surface area contributed by atoms with Crippen molar-refractivity contribution in [2.75, 3.05) is 26.7 Å². The summed E-state index contributed by atoms with van der Waals surface area (Å²) >= 11 is 6.14. The number of carbonyl (C=O) groups excluding carboxylic acids is 1. The summed E-state index contributed by atoms with van der Waals surface area (Å²) in [5, 5.41) is 4.07. The molecule has 1 aliphatic heterocycles. The van der Waals surface area contributed by atoms with E-state index >= 15 is 0 Å². The molecule has 0 aliphatic carbocycles. The largest absolute Gasteiger partial charge is 0.497 e. The van der Waals surface area contributed by atoms with Gasteiger partial charge >= 0.3 is 0 Å². The first kappa shape index (κ1) is 20.6. The number of benzene rings is 2. The molecule has 2 unspecified atom stereocenters. The van der Waals surface area contributed by atoms with Gasteiger partial charge in [-0.1, -0.05) is 35.9 Å². The van der Waals surface area contributed by atoms with E-state index in [1.165, 1.54) is 0 Å². The van der Waals surface area contributed by atoms with E-state index in [4.69, 9.17) is 16.3 Å². The van der Waals surface area contributed by atoms with E-state index < -0.39 is 0 Å². The number of amides is 1. The summed E-state index contributed by atoms with van der Waals surface area (Å²) in [6, 6.07) is 15.5. The van der Waals surface area contributed by atoms with Gasteiger partial charge in [0.2, 0.25) is 5.91 Å². The Morgan fingerprint density at radius 3 is 2.65 bits per heavy atom. The van der Waals surface area contributed by atoms with E-state index in [9.17, 15) is 4.79 Å². The van der Waals surface area contributed by atoms with Crippen LogP contribution in [0.3, 0.4) is 0 Å². The van der Waals surface area contributed by atoms with Crippen LogP contribution in [-0.4, -0.2) is 37.6 Å². The zero-order valence-electron chi connectivity index (χ0n) is 14.9. The summed E-state index contributed by atoms with van der Waals surface area (Å²) in [6.07, 6.45) is 0. The van der Waals surface area contributed by atoms with Crippen molar-refractivity contribution in [2.24, 2.45) is 0 Å². The molecule has 4 nitrogen and oxygen atoms in total. The smallest absolute Gasteiger partial charge is 0.230 e. The van der Waals surface area contributed by atoms with Crippen molar-refractivity contribution >= 4 is 29.9 Å². The number of ether oxygens (including phenoxy) is 1. The van der Waals surface area contributed by atoms with Crippen LogP contribution in [0.5, 0.6) is 5.75 Å². The minimum absolute atomic E-state index is 0. The summed E-state index contributed by atoms with van der Waals surface area (Å²) in [5.74, 6) is 0.727. The van der Waals surface area contributed by atoms with Crippen LogP contribution in [0, 0.1) is 0 Å². The highest BCUT2D eigenvalue weighted by Crippen LogP contribution is 2.29. The van der Waals surface area contributed by atoms with Crippen molar-refractivity contribution in [1.29, 1.82) is 0 Å². The fraction of sp³-hybridized carbons (Fsp3) is 0.350. The number of hydrogen-bond acceptors (Lipinski definition) is 3. The Labute approximate surface area is 165 Å². The molecule has 1 aliphatic rings. The molecule has 2 atom stereocenters. The zero-order valence-corrected chi connectivity index (χ0v) is 16.5. The standard InChI is InChI=1S/C20H23ClN2O2.ClH/c1-14(15-6-8-18(25-2)9-7-15)20(24)23-11-10-22-13-19(23)16-4-3-5-17(21)12-16;/h3-9,12,14,19,22H,10-11,13H2,1-2H3;1H. The van der Waals surface area contributed by atoms with Crippen molar-refractivity contribution in [3.05, 3.63) is 64.7 Å². The van der Waals surface area contributed by atoms with E-state index in [1.54, 1.807) is 7.11 Å². The molecule has 0 bridgehead atoms. The van der Waals surface area contributed by atoms with E-state index in [2.05, 4.69) is 5.32 Å². The first-order valence-corrected chi connectivity index (χ1v) is 8.88. The summed E-state index contributed by atoms with van der Waals surface area (Å²) < 4.78 is 5.20. The molecule has 2 aromatic carbocycles. The molecule has 1 heterocycles. The predicted octanol–water partition coefficient (Wildman–Crippen LogP) is 4.05. The van der Waals surface area contributed by atoms with Crippen molar-refractivity contribution < 1.29 is 9.53 Å². The van der Waals surface area contributed by atoms with Crippen molar-refractivity contribution in [1.82, 2.24) is 10.2 Å². The third-order valence-corrected chi connectivity index (χ3v) is 4.98. The average molecular weight is 395 g/mol. The molecular formula is C20H24Cl2N2O2. The van der Waals surface area contributed by atoms with Crippen LogP contribution in [0.4, 0.5) is 0 Å². The summed E-state index contributed by atoms with van der Waals surface area (Å²) in [4.78, 5) is 15.1. The number of methoxy groups -OCH3 is 1. The lowest BCUT2D eigenvalue weighted by Gasteiger charge is -2.38. The lowest BCUT2D eigenvalue weighted by Crippen LogP contribution is -2.49. The fourth-order valence-corrected chi connectivity index (χ4v) is 3.46. The number of carbonyl (C=O) groups is 1. The number of halogens is 2. The second-order valence-corrected chi connectivity index (χ2v) is 6.74. The molecule has 2 aromatic rings. The van der Waals surface area contributed by atoms with Gasteiger partial charge in [0.25, 0.3) is 0 Å². The Balaban J connectivity index is 0.00000243. The Hall–Kier alpha value is -1.75. The highest BCUT2D eigenvalue weighted by molar-refractivity contribution is 6.30. The van der Waals surface area contributed by atoms with Crippen LogP contribution >= 0.6 is 24.0 Å². The van der Waals surface area contributed by atoms with Crippen molar-refractivity contribution in [3.63, 3.8) is 0 Å². The lowest BCUT2D eigenvalue weighted by molar-refractivity contribution is -0.135. The molecule has 0 radical (unpaired) electrons. The maximum Gasteiger partial charge on any atom is 0.230 e. The summed E-state index contributed by atoms with van der Waals surface area (Å²) in [7, 11) is 1.64. The highest BCUT2D eigenvalue weighted by Gasteiger charge is 2.31. The van der Waals surface area contributed by atoms with E-state index in [0.29, 0.717) is 11.6 Å². The van der Waals surface area contributed by atoms with Crippen LogP contribution in [0.1, 0.15) is 30.0 Å². The van der Waals surface area contributed by atoms with Crippen LogP contribution in [0.15, 0.2) is 48.5 Å². The molecule has 140 valence electrons. The molecule has 6 heteroatoms. The Bertz CT molecular complexity index is 737. The van der Waals surface area contributed by atoms with Crippen LogP contribution in [0.2, 0.25) is 5.02 Å². The summed E-state index contributed by atoms with van der Waals surface area (Å²) in [5.41, 5.74) is 2.06. The minimum Gasteiger partial charge on any atom is -0.497 e. The maximum atomic E-state index is 13.2. The Morgan fingerprint density at radius 1 is 1.27 bits per heavy atom. The van der Waals surface area contributed by atoms with Gasteiger partial charge in [-0.25, -0.2) is 0 Å². The quantitative estimate of drug-likeness (QED) is 0.850. The number of piperazine rings is 1. The molecule has 0 aromatic heterocycles. The lowest BCUT2D eigenvalue weighted by atomic mass is 9.96. The molecule has 1 amide bonds. The molecule has 1 saturated heterocycles.